The standard InChI is InChI=1S/C27H19NO/c1-27(2)19-10-4-3-8-16(19)17-14-15-21-24(25(17)27)18-9-7-13-23-26(18)28(21)20-11-5-6-12-22(20)29-23/h3-15H,1-2H3. The second-order valence-electron chi connectivity index (χ2n) is 8.61. The van der Waals surface area contributed by atoms with Crippen LogP contribution in [0.2, 0.25) is 0 Å². The molecule has 0 N–H and O–H groups in total. The van der Waals surface area contributed by atoms with Crippen molar-refractivity contribution in [2.24, 2.45) is 0 Å². The molecule has 29 heavy (non-hydrogen) atoms. The van der Waals surface area contributed by atoms with Gasteiger partial charge in [0.05, 0.1) is 16.7 Å². The van der Waals surface area contributed by atoms with Gasteiger partial charge >= 0.3 is 0 Å². The Morgan fingerprint density at radius 1 is 0.724 bits per heavy atom. The monoisotopic (exact) mass is 373 g/mol. The first-order valence-electron chi connectivity index (χ1n) is 10.1. The highest BCUT2D eigenvalue weighted by molar-refractivity contribution is 6.16. The minimum absolute atomic E-state index is 0.0466. The normalized spacial score (nSPS) is 15.1. The minimum Gasteiger partial charge on any atom is -0.453 e. The average Bonchev–Trinajstić information content (AvgIpc) is 3.20. The molecule has 2 heterocycles. The van der Waals surface area contributed by atoms with E-state index < -0.39 is 0 Å². The summed E-state index contributed by atoms with van der Waals surface area (Å²) in [6, 6.07) is 28.2. The molecular formula is C27H19NO. The molecule has 4 aromatic carbocycles. The number of ether oxygens (including phenoxy) is 1. The topological polar surface area (TPSA) is 14.2 Å². The molecule has 2 heteroatoms. The van der Waals surface area contributed by atoms with Gasteiger partial charge in [-0.3, -0.25) is 0 Å². The van der Waals surface area contributed by atoms with Crippen LogP contribution in [0.4, 0.5) is 0 Å². The summed E-state index contributed by atoms with van der Waals surface area (Å²) in [5.74, 6) is 1.84. The summed E-state index contributed by atoms with van der Waals surface area (Å²) >= 11 is 0. The molecule has 7 rings (SSSR count). The van der Waals surface area contributed by atoms with Gasteiger partial charge in [-0.2, -0.15) is 0 Å². The summed E-state index contributed by atoms with van der Waals surface area (Å²) in [7, 11) is 0. The zero-order chi connectivity index (χ0) is 19.3. The van der Waals surface area contributed by atoms with Crippen LogP contribution in [0, 0.1) is 0 Å². The Morgan fingerprint density at radius 3 is 2.45 bits per heavy atom. The molecule has 0 spiro atoms. The van der Waals surface area contributed by atoms with Crippen LogP contribution in [0.1, 0.15) is 25.0 Å². The Hall–Kier alpha value is -3.52. The molecule has 0 saturated carbocycles. The van der Waals surface area contributed by atoms with Crippen molar-refractivity contribution in [1.82, 2.24) is 4.57 Å². The first kappa shape index (κ1) is 15.4. The number of hydrogen-bond acceptors (Lipinski definition) is 1. The molecule has 0 fully saturated rings. The number of fused-ring (bicyclic) bond motifs is 9. The Kier molecular flexibility index (Phi) is 2.60. The van der Waals surface area contributed by atoms with Gasteiger partial charge in [-0.05, 0) is 46.5 Å². The van der Waals surface area contributed by atoms with Gasteiger partial charge in [-0.1, -0.05) is 68.4 Å². The highest BCUT2D eigenvalue weighted by Crippen LogP contribution is 2.54. The molecule has 0 atom stereocenters. The summed E-state index contributed by atoms with van der Waals surface area (Å²) in [6.07, 6.45) is 0. The van der Waals surface area contributed by atoms with E-state index in [1.165, 1.54) is 44.1 Å². The van der Waals surface area contributed by atoms with Gasteiger partial charge in [-0.15, -0.1) is 0 Å². The van der Waals surface area contributed by atoms with E-state index >= 15 is 0 Å². The lowest BCUT2D eigenvalue weighted by atomic mass is 9.80. The Labute approximate surface area is 169 Å². The lowest BCUT2D eigenvalue weighted by Crippen LogP contribution is -2.15. The van der Waals surface area contributed by atoms with Crippen molar-refractivity contribution in [3.8, 4) is 28.3 Å². The van der Waals surface area contributed by atoms with Crippen molar-refractivity contribution in [3.05, 3.63) is 90.0 Å². The van der Waals surface area contributed by atoms with Crippen molar-refractivity contribution in [2.75, 3.05) is 0 Å². The summed E-state index contributed by atoms with van der Waals surface area (Å²) in [4.78, 5) is 0. The van der Waals surface area contributed by atoms with Crippen molar-refractivity contribution >= 4 is 21.8 Å². The predicted molar refractivity (Wildman–Crippen MR) is 118 cm³/mol. The summed E-state index contributed by atoms with van der Waals surface area (Å²) in [5.41, 5.74) is 9.04. The van der Waals surface area contributed by atoms with Crippen molar-refractivity contribution < 1.29 is 4.74 Å². The van der Waals surface area contributed by atoms with Gasteiger partial charge in [0.1, 0.15) is 0 Å². The van der Waals surface area contributed by atoms with Crippen LogP contribution >= 0.6 is 0 Å². The second kappa shape index (κ2) is 4.90. The van der Waals surface area contributed by atoms with Crippen LogP contribution in [0.5, 0.6) is 11.5 Å². The van der Waals surface area contributed by atoms with Crippen LogP contribution in [-0.2, 0) is 5.41 Å². The average molecular weight is 373 g/mol. The highest BCUT2D eigenvalue weighted by Gasteiger charge is 2.38. The second-order valence-corrected chi connectivity index (χ2v) is 8.61. The first-order chi connectivity index (χ1) is 14.2. The van der Waals surface area contributed by atoms with E-state index in [4.69, 9.17) is 4.74 Å². The lowest BCUT2D eigenvalue weighted by molar-refractivity contribution is 0.476. The quantitative estimate of drug-likeness (QED) is 0.275. The zero-order valence-electron chi connectivity index (χ0n) is 16.4. The molecule has 0 radical (unpaired) electrons. The fourth-order valence-corrected chi connectivity index (χ4v) is 5.58. The van der Waals surface area contributed by atoms with Gasteiger partial charge < -0.3 is 9.30 Å². The highest BCUT2D eigenvalue weighted by atomic mass is 16.5. The Balaban J connectivity index is 1.73. The smallest absolute Gasteiger partial charge is 0.152 e. The van der Waals surface area contributed by atoms with Gasteiger partial charge in [-0.25, -0.2) is 0 Å². The number of benzene rings is 4. The third kappa shape index (κ3) is 1.69. The van der Waals surface area contributed by atoms with Gasteiger partial charge in [0, 0.05) is 16.2 Å². The van der Waals surface area contributed by atoms with Crippen LogP contribution < -0.4 is 4.74 Å². The van der Waals surface area contributed by atoms with E-state index in [0.717, 1.165) is 17.2 Å². The molecule has 0 unspecified atom stereocenters. The SMILES string of the molecule is CC1(C)c2ccccc2-c2ccc3c(c21)c1cccc2c1n3-c1ccccc1O2. The third-order valence-electron chi connectivity index (χ3n) is 6.76. The van der Waals surface area contributed by atoms with E-state index in [-0.39, 0.29) is 5.41 Å². The van der Waals surface area contributed by atoms with E-state index in [9.17, 15) is 0 Å². The van der Waals surface area contributed by atoms with Crippen LogP contribution in [0.25, 0.3) is 38.6 Å². The van der Waals surface area contributed by atoms with Crippen molar-refractivity contribution in [1.29, 1.82) is 0 Å². The third-order valence-corrected chi connectivity index (χ3v) is 6.76. The molecule has 2 aliphatic rings. The summed E-state index contributed by atoms with van der Waals surface area (Å²) < 4.78 is 8.68. The predicted octanol–water partition coefficient (Wildman–Crippen LogP) is 7.20. The molecule has 5 aromatic rings. The zero-order valence-corrected chi connectivity index (χ0v) is 16.4. The largest absolute Gasteiger partial charge is 0.453 e. The minimum atomic E-state index is -0.0466. The molecule has 0 saturated heterocycles. The number of nitrogens with zero attached hydrogens (tertiary/aromatic N) is 1. The van der Waals surface area contributed by atoms with E-state index in [1.54, 1.807) is 0 Å². The Morgan fingerprint density at radius 2 is 1.52 bits per heavy atom. The summed E-state index contributed by atoms with van der Waals surface area (Å²) in [5, 5.41) is 2.62. The molecule has 2 nitrogen and oxygen atoms in total. The molecule has 1 aliphatic carbocycles. The van der Waals surface area contributed by atoms with E-state index in [1.807, 2.05) is 6.07 Å². The van der Waals surface area contributed by atoms with Crippen molar-refractivity contribution in [2.45, 2.75) is 19.3 Å². The van der Waals surface area contributed by atoms with Crippen molar-refractivity contribution in [3.63, 3.8) is 0 Å². The summed E-state index contributed by atoms with van der Waals surface area (Å²) in [6.45, 7) is 4.71. The number of aromatic nitrogens is 1. The lowest BCUT2D eigenvalue weighted by Gasteiger charge is -2.22. The number of hydrogen-bond donors (Lipinski definition) is 0. The Bertz CT molecular complexity index is 1500. The van der Waals surface area contributed by atoms with Gasteiger partial charge in [0.15, 0.2) is 11.5 Å². The molecule has 1 aromatic heterocycles. The van der Waals surface area contributed by atoms with Crippen LogP contribution in [0.15, 0.2) is 78.9 Å². The van der Waals surface area contributed by atoms with Gasteiger partial charge in [0.2, 0.25) is 0 Å². The fourth-order valence-electron chi connectivity index (χ4n) is 5.58. The molecule has 1 aliphatic heterocycles. The maximum absolute atomic E-state index is 6.29. The van der Waals surface area contributed by atoms with Gasteiger partial charge in [0.25, 0.3) is 0 Å². The molecule has 0 bridgehead atoms. The molecular weight excluding hydrogens is 354 g/mol. The number of para-hydroxylation sites is 3. The molecule has 0 amide bonds. The van der Waals surface area contributed by atoms with Crippen LogP contribution in [0.3, 0.4) is 0 Å². The maximum atomic E-state index is 6.29. The van der Waals surface area contributed by atoms with Crippen LogP contribution in [-0.4, -0.2) is 4.57 Å². The fraction of sp³-hybridized carbons (Fsp3) is 0.111. The van der Waals surface area contributed by atoms with E-state index in [0.29, 0.717) is 0 Å². The number of rotatable bonds is 0. The maximum Gasteiger partial charge on any atom is 0.152 e. The molecule has 138 valence electrons. The first-order valence-corrected chi connectivity index (χ1v) is 10.1. The van der Waals surface area contributed by atoms with E-state index in [2.05, 4.69) is 91.2 Å².